The molecule has 4 heterocycles. The van der Waals surface area contributed by atoms with Crippen molar-refractivity contribution in [2.75, 3.05) is 21.6 Å². The summed E-state index contributed by atoms with van der Waals surface area (Å²) in [5, 5.41) is 7.45. The predicted molar refractivity (Wildman–Crippen MR) is 301 cm³/mol. The number of ether oxygens (including phenoxy) is 2. The number of hydrogen-bond acceptors (Lipinski definition) is 14. The number of fused-ring (bicyclic) bond motifs is 10. The van der Waals surface area contributed by atoms with E-state index >= 15 is 0 Å². The van der Waals surface area contributed by atoms with Gasteiger partial charge in [0.2, 0.25) is 22.9 Å². The van der Waals surface area contributed by atoms with Gasteiger partial charge in [0.25, 0.3) is 16.9 Å². The number of nitrogens with zero attached hydrogens (tertiary/aromatic N) is 4. The number of rotatable bonds is 13. The number of aromatic nitrogens is 2. The van der Waals surface area contributed by atoms with Crippen LogP contribution in [0.25, 0.3) is 77.4 Å². The third-order valence-corrected chi connectivity index (χ3v) is 15.4. The van der Waals surface area contributed by atoms with Crippen molar-refractivity contribution in [3.8, 4) is 11.5 Å². The van der Waals surface area contributed by atoms with Crippen LogP contribution in [-0.2, 0) is 42.8 Å². The van der Waals surface area contributed by atoms with Crippen molar-refractivity contribution >= 4 is 119 Å². The van der Waals surface area contributed by atoms with E-state index in [1.54, 1.807) is 36.4 Å². The average Bonchev–Trinajstić information content (AvgIpc) is 4.36. The molecule has 8 aromatic carbocycles. The number of hydrogen-bond donors (Lipinski definition) is 1. The highest BCUT2D eigenvalue weighted by Crippen LogP contribution is 2.44. The van der Waals surface area contributed by atoms with Gasteiger partial charge < -0.3 is 27.4 Å². The summed E-state index contributed by atoms with van der Waals surface area (Å²) in [6, 6.07) is 45.7. The summed E-state index contributed by atoms with van der Waals surface area (Å²) in [4.78, 5) is 2.72. The molecule has 2 aliphatic heterocycles. The van der Waals surface area contributed by atoms with Crippen molar-refractivity contribution in [3.05, 3.63) is 192 Å². The zero-order chi connectivity index (χ0) is 55.4. The normalized spacial score (nSPS) is 15.2. The summed E-state index contributed by atoms with van der Waals surface area (Å²) in [5.41, 5.74) is 5.13. The van der Waals surface area contributed by atoms with Gasteiger partial charge in [-0.15, -0.1) is 4.57 Å². The Morgan fingerprint density at radius 2 is 0.899 bits per heavy atom. The summed E-state index contributed by atoms with van der Waals surface area (Å²) < 4.78 is 133. The SMILES string of the molecule is CCC(=Cc1oc2ccc3ccccc3c2[n+]1CC)C=C1Oc2cc3ccccc3cc2N1CS(=O)(=O)[O-].CCC(=Cc1oc2ccc3ccccc3c2[n+]1CS(=O)(=O)O)C=C1Oc2cc3ccccc3cc2N1CS(=O)(=O)[O-]. The van der Waals surface area contributed by atoms with Crippen LogP contribution in [0.2, 0.25) is 0 Å². The van der Waals surface area contributed by atoms with Crippen LogP contribution in [0.3, 0.4) is 0 Å². The molecule has 0 saturated carbocycles. The van der Waals surface area contributed by atoms with Gasteiger partial charge in [-0.1, -0.05) is 111 Å². The van der Waals surface area contributed by atoms with Gasteiger partial charge in [-0.3, -0.25) is 14.4 Å². The molecule has 2 aromatic heterocycles. The van der Waals surface area contributed by atoms with E-state index in [4.69, 9.17) is 18.3 Å². The Morgan fingerprint density at radius 3 is 1.29 bits per heavy atom. The molecule has 0 saturated heterocycles. The van der Waals surface area contributed by atoms with Crippen LogP contribution in [0.4, 0.5) is 11.4 Å². The lowest BCUT2D eigenvalue weighted by Crippen LogP contribution is -2.39. The molecule has 2 aliphatic rings. The monoisotopic (exact) mass is 1120 g/mol. The summed E-state index contributed by atoms with van der Waals surface area (Å²) in [7, 11) is -13.7. The van der Waals surface area contributed by atoms with E-state index in [0.29, 0.717) is 64.8 Å². The van der Waals surface area contributed by atoms with Crippen LogP contribution in [0.5, 0.6) is 11.5 Å². The summed E-state index contributed by atoms with van der Waals surface area (Å²) in [5.74, 6) is -0.198. The third-order valence-electron chi connectivity index (χ3n) is 13.7. The minimum absolute atomic E-state index is 0.116. The van der Waals surface area contributed by atoms with Crippen molar-refractivity contribution < 1.29 is 66.4 Å². The molecule has 20 heteroatoms. The molecule has 1 N–H and O–H groups in total. The first kappa shape index (κ1) is 52.7. The highest BCUT2D eigenvalue weighted by molar-refractivity contribution is 7.86. The fraction of sp³-hybridized carbons (Fsp3) is 0.153. The topological polar surface area (TPSA) is 228 Å². The Labute approximate surface area is 454 Å². The highest BCUT2D eigenvalue weighted by atomic mass is 32.2. The molecule has 0 amide bonds. The number of allylic oxidation sites excluding steroid dienone is 4. The molecule has 17 nitrogen and oxygen atoms in total. The molecule has 0 bridgehead atoms. The molecule has 79 heavy (non-hydrogen) atoms. The molecule has 0 radical (unpaired) electrons. The van der Waals surface area contributed by atoms with Crippen molar-refractivity contribution in [3.63, 3.8) is 0 Å². The van der Waals surface area contributed by atoms with Gasteiger partial charge in [0.1, 0.15) is 38.5 Å². The number of benzene rings is 8. The van der Waals surface area contributed by atoms with Crippen LogP contribution in [0, 0.1) is 0 Å². The smallest absolute Gasteiger partial charge is 0.375 e. The van der Waals surface area contributed by atoms with Gasteiger partial charge in [-0.05, 0) is 112 Å². The summed E-state index contributed by atoms with van der Waals surface area (Å²) in [6.45, 7) is 6.62. The Bertz CT molecular complexity index is 4600. The maximum absolute atomic E-state index is 12.0. The van der Waals surface area contributed by atoms with Gasteiger partial charge in [-0.25, -0.2) is 16.8 Å². The average molecular weight is 1120 g/mol. The maximum Gasteiger partial charge on any atom is 0.375 e. The van der Waals surface area contributed by atoms with Crippen molar-refractivity contribution in [1.29, 1.82) is 0 Å². The zero-order valence-corrected chi connectivity index (χ0v) is 45.2. The molecule has 0 fully saturated rings. The van der Waals surface area contributed by atoms with Gasteiger partial charge in [-0.2, -0.15) is 13.0 Å². The number of anilines is 2. The van der Waals surface area contributed by atoms with E-state index in [0.717, 1.165) is 59.8 Å². The van der Waals surface area contributed by atoms with Gasteiger partial charge in [0.15, 0.2) is 11.5 Å². The molecule has 12 rings (SSSR count). The van der Waals surface area contributed by atoms with Crippen LogP contribution < -0.4 is 28.4 Å². The molecule has 0 unspecified atom stereocenters. The lowest BCUT2D eigenvalue weighted by Gasteiger charge is -2.20. The first-order chi connectivity index (χ1) is 37.8. The lowest BCUT2D eigenvalue weighted by molar-refractivity contribution is -0.673. The van der Waals surface area contributed by atoms with E-state index in [9.17, 15) is 38.9 Å². The fourth-order valence-corrected chi connectivity index (χ4v) is 11.8. The molecule has 0 aliphatic carbocycles. The fourth-order valence-electron chi connectivity index (χ4n) is 10.1. The molecule has 0 atom stereocenters. The maximum atomic E-state index is 12.0. The molecule has 0 spiro atoms. The summed E-state index contributed by atoms with van der Waals surface area (Å²) in [6.07, 6.45) is 7.94. The Morgan fingerprint density at radius 1 is 0.519 bits per heavy atom. The Hall–Kier alpha value is -8.37. The van der Waals surface area contributed by atoms with Gasteiger partial charge in [0, 0.05) is 12.2 Å². The second-order valence-electron chi connectivity index (χ2n) is 18.9. The van der Waals surface area contributed by atoms with Crippen LogP contribution in [-0.4, -0.2) is 50.7 Å². The van der Waals surface area contributed by atoms with Crippen LogP contribution >= 0.6 is 0 Å². The van der Waals surface area contributed by atoms with Gasteiger partial charge in [0.05, 0.1) is 34.3 Å². The van der Waals surface area contributed by atoms with E-state index in [-0.39, 0.29) is 17.7 Å². The first-order valence-electron chi connectivity index (χ1n) is 25.1. The van der Waals surface area contributed by atoms with Gasteiger partial charge >= 0.3 is 21.9 Å². The molecule has 10 aromatic rings. The van der Waals surface area contributed by atoms with Crippen molar-refractivity contribution in [1.82, 2.24) is 0 Å². The summed E-state index contributed by atoms with van der Waals surface area (Å²) >= 11 is 0. The van der Waals surface area contributed by atoms with Crippen LogP contribution in [0.15, 0.2) is 189 Å². The predicted octanol–water partition coefficient (Wildman–Crippen LogP) is 11.0. The molecular formula is C59H50N4O13S3. The third kappa shape index (κ3) is 10.9. The van der Waals surface area contributed by atoms with E-state index in [1.165, 1.54) is 14.4 Å². The molecular weight excluding hydrogens is 1070 g/mol. The lowest BCUT2D eigenvalue weighted by atomic mass is 10.1. The Kier molecular flexibility index (Phi) is 13.9. The highest BCUT2D eigenvalue weighted by Gasteiger charge is 2.32. The number of aryl methyl sites for hydroxylation is 1. The van der Waals surface area contributed by atoms with E-state index in [2.05, 4.69) is 23.6 Å². The Balaban J connectivity index is 0.000000168. The minimum atomic E-state index is -4.68. The largest absolute Gasteiger partial charge is 0.747 e. The quantitative estimate of drug-likeness (QED) is 0.0836. The van der Waals surface area contributed by atoms with Crippen LogP contribution in [0.1, 0.15) is 45.4 Å². The molecule has 402 valence electrons. The van der Waals surface area contributed by atoms with Crippen molar-refractivity contribution in [2.45, 2.75) is 46.0 Å². The van der Waals surface area contributed by atoms with E-state index < -0.39 is 48.0 Å². The minimum Gasteiger partial charge on any atom is -0.747 e. The second-order valence-corrected chi connectivity index (χ2v) is 23.1. The zero-order valence-electron chi connectivity index (χ0n) is 42.8. The van der Waals surface area contributed by atoms with Crippen molar-refractivity contribution in [2.24, 2.45) is 0 Å². The standard InChI is InChI=1S/C30H26N2O5S.C29H24N2O8S2/c1-3-20(15-28-31(4-2)30-24-12-8-7-9-21(24)13-14-26(30)36-28)16-29-32(19-38(33,34)35)25-17-22-10-5-6-11-23(22)18-27(25)37-29;1-2-19(13-27-30(17-40(32,33)34)24-15-21-8-3-4-9-22(21)16-26(24)39-27)14-28-31(18-41(35,36)37)29-23-10-6-5-7-20(23)11-12-25(29)38-28/h5-18H,3-4,19H2,1-2H3;3-16H,2,17-18H2,1H3,(H-,32,33,34,35,36,37). The number of oxazole rings is 2. The second kappa shape index (κ2) is 20.8. The van der Waals surface area contributed by atoms with E-state index in [1.807, 2.05) is 135 Å². The first-order valence-corrected chi connectivity index (χ1v) is 29.9.